The van der Waals surface area contributed by atoms with Crippen LogP contribution in [-0.2, 0) is 10.0 Å². The molecule has 2 aromatic carbocycles. The van der Waals surface area contributed by atoms with Gasteiger partial charge in [0.2, 0.25) is 10.0 Å². The van der Waals surface area contributed by atoms with Gasteiger partial charge in [-0.3, -0.25) is 0 Å². The van der Waals surface area contributed by atoms with E-state index in [2.05, 4.69) is 20.7 Å². The van der Waals surface area contributed by atoms with Crippen molar-refractivity contribution in [2.24, 2.45) is 0 Å². The third-order valence-corrected chi connectivity index (χ3v) is 5.79. The van der Waals surface area contributed by atoms with Gasteiger partial charge in [0.15, 0.2) is 0 Å². The van der Waals surface area contributed by atoms with Crippen LogP contribution in [-0.4, -0.2) is 8.42 Å². The number of rotatable bonds is 5. The minimum absolute atomic E-state index is 0.188. The summed E-state index contributed by atoms with van der Waals surface area (Å²) in [5.41, 5.74) is 0.941. The highest BCUT2D eigenvalue weighted by molar-refractivity contribution is 9.10. The van der Waals surface area contributed by atoms with Gasteiger partial charge in [0, 0.05) is 10.5 Å². The number of hydrogen-bond acceptors (Lipinski definition) is 2. The molecule has 0 bridgehead atoms. The summed E-state index contributed by atoms with van der Waals surface area (Å²) in [7, 11) is -3.60. The maximum atomic E-state index is 12.5. The molecule has 3 nitrogen and oxygen atoms in total. The van der Waals surface area contributed by atoms with E-state index in [-0.39, 0.29) is 10.9 Å². The van der Waals surface area contributed by atoms with Crippen LogP contribution in [0.5, 0.6) is 0 Å². The fourth-order valence-electron chi connectivity index (χ4n) is 1.97. The van der Waals surface area contributed by atoms with E-state index in [4.69, 9.17) is 11.6 Å². The van der Waals surface area contributed by atoms with Crippen molar-refractivity contribution in [2.45, 2.75) is 24.3 Å². The molecule has 1 N–H and O–H groups in total. The molecule has 0 aliphatic rings. The molecule has 21 heavy (non-hydrogen) atoms. The maximum Gasteiger partial charge on any atom is 0.241 e. The first-order chi connectivity index (χ1) is 9.94. The second-order valence-corrected chi connectivity index (χ2v) is 7.54. The Balaban J connectivity index is 2.29. The van der Waals surface area contributed by atoms with Gasteiger partial charge in [-0.15, -0.1) is 0 Å². The van der Waals surface area contributed by atoms with Crippen LogP contribution >= 0.6 is 27.5 Å². The van der Waals surface area contributed by atoms with Crippen LogP contribution < -0.4 is 4.72 Å². The third-order valence-electron chi connectivity index (χ3n) is 3.11. The van der Waals surface area contributed by atoms with E-state index in [0.29, 0.717) is 15.9 Å². The van der Waals surface area contributed by atoms with Crippen LogP contribution in [0.4, 0.5) is 0 Å². The van der Waals surface area contributed by atoms with Crippen molar-refractivity contribution in [2.75, 3.05) is 0 Å². The SMILES string of the molecule is CCC(NS(=O)(=O)c1ccc(Cl)c(Br)c1)c1ccccc1. The summed E-state index contributed by atoms with van der Waals surface area (Å²) < 4.78 is 28.2. The first-order valence-electron chi connectivity index (χ1n) is 6.46. The number of sulfonamides is 1. The number of benzene rings is 2. The second-order valence-electron chi connectivity index (χ2n) is 4.57. The van der Waals surface area contributed by atoms with Crippen LogP contribution in [0, 0.1) is 0 Å². The van der Waals surface area contributed by atoms with E-state index >= 15 is 0 Å². The smallest absolute Gasteiger partial charge is 0.207 e. The van der Waals surface area contributed by atoms with E-state index < -0.39 is 10.0 Å². The Morgan fingerprint density at radius 3 is 2.43 bits per heavy atom. The standard InChI is InChI=1S/C15H15BrClNO2S/c1-2-15(11-6-4-3-5-7-11)18-21(19,20)12-8-9-14(17)13(16)10-12/h3-10,15,18H,2H2,1H3. The molecule has 0 saturated carbocycles. The van der Waals surface area contributed by atoms with Gasteiger partial charge in [-0.1, -0.05) is 48.9 Å². The normalized spacial score (nSPS) is 13.1. The average Bonchev–Trinajstić information content (AvgIpc) is 2.48. The molecule has 0 fully saturated rings. The van der Waals surface area contributed by atoms with Gasteiger partial charge in [-0.05, 0) is 46.1 Å². The monoisotopic (exact) mass is 387 g/mol. The Kier molecular flexibility index (Phi) is 5.43. The van der Waals surface area contributed by atoms with Gasteiger partial charge in [0.1, 0.15) is 0 Å². The Morgan fingerprint density at radius 1 is 1.19 bits per heavy atom. The molecule has 0 aromatic heterocycles. The number of hydrogen-bond donors (Lipinski definition) is 1. The zero-order valence-corrected chi connectivity index (χ0v) is 14.5. The predicted molar refractivity (Wildman–Crippen MR) is 88.9 cm³/mol. The highest BCUT2D eigenvalue weighted by Gasteiger charge is 2.20. The van der Waals surface area contributed by atoms with Crippen molar-refractivity contribution in [3.8, 4) is 0 Å². The van der Waals surface area contributed by atoms with E-state index in [1.807, 2.05) is 37.3 Å². The summed E-state index contributed by atoms with van der Waals surface area (Å²) in [5.74, 6) is 0. The first-order valence-corrected chi connectivity index (χ1v) is 9.12. The number of halogens is 2. The van der Waals surface area contributed by atoms with Crippen LogP contribution in [0.3, 0.4) is 0 Å². The first kappa shape index (κ1) is 16.5. The second kappa shape index (κ2) is 6.92. The third kappa shape index (κ3) is 4.07. The highest BCUT2D eigenvalue weighted by Crippen LogP contribution is 2.26. The highest BCUT2D eigenvalue weighted by atomic mass is 79.9. The van der Waals surface area contributed by atoms with E-state index in [1.165, 1.54) is 12.1 Å². The molecular formula is C15H15BrClNO2S. The number of nitrogens with one attached hydrogen (secondary N) is 1. The molecule has 2 aromatic rings. The predicted octanol–water partition coefficient (Wildman–Crippen LogP) is 4.53. The fraction of sp³-hybridized carbons (Fsp3) is 0.200. The Morgan fingerprint density at radius 2 is 1.86 bits per heavy atom. The quantitative estimate of drug-likeness (QED) is 0.818. The van der Waals surface area contributed by atoms with Gasteiger partial charge in [-0.2, -0.15) is 0 Å². The lowest BCUT2D eigenvalue weighted by Gasteiger charge is -2.17. The van der Waals surface area contributed by atoms with E-state index in [1.54, 1.807) is 6.07 Å². The van der Waals surface area contributed by atoms with Crippen molar-refractivity contribution in [1.29, 1.82) is 0 Å². The average molecular weight is 389 g/mol. The molecule has 1 unspecified atom stereocenters. The molecule has 0 heterocycles. The summed E-state index contributed by atoms with van der Waals surface area (Å²) in [4.78, 5) is 0.188. The summed E-state index contributed by atoms with van der Waals surface area (Å²) >= 11 is 9.14. The fourth-order valence-corrected chi connectivity index (χ4v) is 3.95. The minimum Gasteiger partial charge on any atom is -0.207 e. The maximum absolute atomic E-state index is 12.5. The lowest BCUT2D eigenvalue weighted by molar-refractivity contribution is 0.550. The van der Waals surface area contributed by atoms with Crippen molar-refractivity contribution < 1.29 is 8.42 Å². The lowest BCUT2D eigenvalue weighted by Crippen LogP contribution is -2.28. The van der Waals surface area contributed by atoms with E-state index in [9.17, 15) is 8.42 Å². The van der Waals surface area contributed by atoms with Crippen molar-refractivity contribution in [3.63, 3.8) is 0 Å². The van der Waals surface area contributed by atoms with Crippen molar-refractivity contribution in [1.82, 2.24) is 4.72 Å². The zero-order chi connectivity index (χ0) is 15.5. The molecule has 1 atom stereocenters. The van der Waals surface area contributed by atoms with Crippen LogP contribution in [0.2, 0.25) is 5.02 Å². The molecule has 0 saturated heterocycles. The van der Waals surface area contributed by atoms with Crippen LogP contribution in [0.15, 0.2) is 57.9 Å². The summed E-state index contributed by atoms with van der Waals surface area (Å²) in [5, 5.41) is 0.476. The summed E-state index contributed by atoms with van der Waals surface area (Å²) in [6, 6.07) is 13.8. The van der Waals surface area contributed by atoms with Gasteiger partial charge in [-0.25, -0.2) is 13.1 Å². The van der Waals surface area contributed by atoms with Crippen molar-refractivity contribution in [3.05, 3.63) is 63.6 Å². The summed E-state index contributed by atoms with van der Waals surface area (Å²) in [6.45, 7) is 1.94. The molecule has 0 aliphatic carbocycles. The van der Waals surface area contributed by atoms with Gasteiger partial charge < -0.3 is 0 Å². The van der Waals surface area contributed by atoms with Crippen LogP contribution in [0.25, 0.3) is 0 Å². The van der Waals surface area contributed by atoms with E-state index in [0.717, 1.165) is 5.56 Å². The van der Waals surface area contributed by atoms with Gasteiger partial charge in [0.25, 0.3) is 0 Å². The molecule has 6 heteroatoms. The zero-order valence-electron chi connectivity index (χ0n) is 11.4. The minimum atomic E-state index is -3.60. The lowest BCUT2D eigenvalue weighted by atomic mass is 10.1. The Hall–Kier alpha value is -0.880. The molecule has 0 radical (unpaired) electrons. The molecule has 0 amide bonds. The molecule has 2 rings (SSSR count). The van der Waals surface area contributed by atoms with Crippen LogP contribution in [0.1, 0.15) is 24.9 Å². The van der Waals surface area contributed by atoms with Gasteiger partial charge in [0.05, 0.1) is 9.92 Å². The largest absolute Gasteiger partial charge is 0.241 e. The summed E-state index contributed by atoms with van der Waals surface area (Å²) in [6.07, 6.45) is 0.665. The molecule has 0 spiro atoms. The molecular weight excluding hydrogens is 374 g/mol. The van der Waals surface area contributed by atoms with Gasteiger partial charge >= 0.3 is 0 Å². The molecule has 112 valence electrons. The van der Waals surface area contributed by atoms with Crippen molar-refractivity contribution >= 4 is 37.6 Å². The molecule has 0 aliphatic heterocycles. The Bertz CT molecular complexity index is 720. The Labute approximate surface area is 138 Å². The topological polar surface area (TPSA) is 46.2 Å².